The molecule has 1 aliphatic rings. The second-order valence-corrected chi connectivity index (χ2v) is 4.98. The van der Waals surface area contributed by atoms with Crippen LogP contribution >= 0.6 is 0 Å². The fourth-order valence-corrected chi connectivity index (χ4v) is 2.43. The summed E-state index contributed by atoms with van der Waals surface area (Å²) in [6, 6.07) is 6.16. The quantitative estimate of drug-likeness (QED) is 0.868. The van der Waals surface area contributed by atoms with Crippen LogP contribution < -0.4 is 0 Å². The van der Waals surface area contributed by atoms with Crippen molar-refractivity contribution in [3.63, 3.8) is 0 Å². The summed E-state index contributed by atoms with van der Waals surface area (Å²) in [4.78, 5) is 4.25. The molecule has 0 amide bonds. The predicted molar refractivity (Wildman–Crippen MR) is 71.7 cm³/mol. The molecule has 1 unspecified atom stereocenters. The van der Waals surface area contributed by atoms with E-state index in [4.69, 9.17) is 14.5 Å². The number of aromatic nitrogens is 2. The number of benzene rings is 1. The smallest absolute Gasteiger partial charge is 0.259 e. The van der Waals surface area contributed by atoms with Gasteiger partial charge in [0.05, 0.1) is 11.7 Å². The van der Waals surface area contributed by atoms with E-state index in [2.05, 4.69) is 10.1 Å². The predicted octanol–water partition coefficient (Wildman–Crippen LogP) is 2.86. The fraction of sp³-hybridized carbons (Fsp3) is 0.400. The van der Waals surface area contributed by atoms with E-state index in [0.717, 1.165) is 25.9 Å². The van der Waals surface area contributed by atoms with Crippen molar-refractivity contribution in [2.24, 2.45) is 0 Å². The summed E-state index contributed by atoms with van der Waals surface area (Å²) in [7, 11) is 0. The highest BCUT2D eigenvalue weighted by Gasteiger charge is 2.20. The van der Waals surface area contributed by atoms with Gasteiger partial charge in [0.15, 0.2) is 5.82 Å². The first kappa shape index (κ1) is 13.7. The molecule has 21 heavy (non-hydrogen) atoms. The molecule has 5 nitrogen and oxygen atoms in total. The largest absolute Gasteiger partial charge is 0.378 e. The molecule has 1 saturated heterocycles. The van der Waals surface area contributed by atoms with Gasteiger partial charge < -0.3 is 9.26 Å². The molecule has 0 bridgehead atoms. The van der Waals surface area contributed by atoms with Crippen molar-refractivity contribution < 1.29 is 13.7 Å². The minimum absolute atomic E-state index is 0.0818. The van der Waals surface area contributed by atoms with Crippen LogP contribution in [0.4, 0.5) is 4.39 Å². The van der Waals surface area contributed by atoms with Crippen LogP contribution in [-0.4, -0.2) is 22.9 Å². The first-order valence-corrected chi connectivity index (χ1v) is 6.91. The molecule has 1 fully saturated rings. The third-order valence-electron chi connectivity index (χ3n) is 3.51. The van der Waals surface area contributed by atoms with Crippen LogP contribution in [-0.2, 0) is 11.2 Å². The highest BCUT2D eigenvalue weighted by molar-refractivity contribution is 5.63. The summed E-state index contributed by atoms with van der Waals surface area (Å²) in [6.45, 7) is 0.762. The standard InChI is InChI=1S/C15H14FN3O2/c16-13-6-3-5-11(12(13)9-17)15-18-14(19-21-15)8-10-4-1-2-7-20-10/h3,5-6,10H,1-2,4,7-8H2. The summed E-state index contributed by atoms with van der Waals surface area (Å²) in [6.07, 6.45) is 3.88. The lowest BCUT2D eigenvalue weighted by molar-refractivity contribution is 0.0153. The maximum atomic E-state index is 13.6. The molecule has 1 aromatic carbocycles. The van der Waals surface area contributed by atoms with Crippen LogP contribution in [0.1, 0.15) is 30.7 Å². The van der Waals surface area contributed by atoms with Gasteiger partial charge in [0.2, 0.25) is 0 Å². The average molecular weight is 287 g/mol. The number of halogens is 1. The molecule has 0 N–H and O–H groups in total. The summed E-state index contributed by atoms with van der Waals surface area (Å²) in [5.41, 5.74) is 0.238. The molecule has 2 heterocycles. The molecule has 0 spiro atoms. The van der Waals surface area contributed by atoms with Gasteiger partial charge in [-0.25, -0.2) is 4.39 Å². The maximum absolute atomic E-state index is 13.6. The third kappa shape index (κ3) is 2.93. The zero-order valence-corrected chi connectivity index (χ0v) is 11.4. The lowest BCUT2D eigenvalue weighted by Crippen LogP contribution is -2.21. The molecule has 0 aliphatic carbocycles. The number of nitriles is 1. The van der Waals surface area contributed by atoms with E-state index in [-0.39, 0.29) is 17.6 Å². The van der Waals surface area contributed by atoms with Crippen LogP contribution in [0.25, 0.3) is 11.5 Å². The normalized spacial score (nSPS) is 18.4. The minimum Gasteiger partial charge on any atom is -0.378 e. The molecule has 6 heteroatoms. The van der Waals surface area contributed by atoms with E-state index in [0.29, 0.717) is 17.8 Å². The lowest BCUT2D eigenvalue weighted by atomic mass is 10.1. The Kier molecular flexibility index (Phi) is 3.93. The van der Waals surface area contributed by atoms with Crippen molar-refractivity contribution in [1.82, 2.24) is 10.1 Å². The molecule has 1 aliphatic heterocycles. The van der Waals surface area contributed by atoms with Crippen LogP contribution in [0.2, 0.25) is 0 Å². The molecular weight excluding hydrogens is 273 g/mol. The number of hydrogen-bond donors (Lipinski definition) is 0. The number of ether oxygens (including phenoxy) is 1. The van der Waals surface area contributed by atoms with Crippen molar-refractivity contribution >= 4 is 0 Å². The first-order chi connectivity index (χ1) is 10.3. The SMILES string of the molecule is N#Cc1c(F)cccc1-c1nc(CC2CCCCO2)no1. The lowest BCUT2D eigenvalue weighted by Gasteiger charge is -2.20. The van der Waals surface area contributed by atoms with Gasteiger partial charge in [-0.1, -0.05) is 11.2 Å². The van der Waals surface area contributed by atoms with Gasteiger partial charge in [-0.3, -0.25) is 0 Å². The Morgan fingerprint density at radius 3 is 3.05 bits per heavy atom. The van der Waals surface area contributed by atoms with Gasteiger partial charge in [-0.05, 0) is 31.4 Å². The van der Waals surface area contributed by atoms with Crippen molar-refractivity contribution in [2.75, 3.05) is 6.61 Å². The highest BCUT2D eigenvalue weighted by Crippen LogP contribution is 2.24. The molecule has 108 valence electrons. The summed E-state index contributed by atoms with van der Waals surface area (Å²) >= 11 is 0. The van der Waals surface area contributed by atoms with Gasteiger partial charge in [-0.15, -0.1) is 0 Å². The van der Waals surface area contributed by atoms with Gasteiger partial charge in [-0.2, -0.15) is 10.2 Å². The average Bonchev–Trinajstić information content (AvgIpc) is 2.96. The van der Waals surface area contributed by atoms with Gasteiger partial charge in [0.1, 0.15) is 17.4 Å². The van der Waals surface area contributed by atoms with Crippen LogP contribution in [0.3, 0.4) is 0 Å². The zero-order chi connectivity index (χ0) is 14.7. The molecule has 1 aromatic heterocycles. The Balaban J connectivity index is 1.82. The Hall–Kier alpha value is -2.26. The Labute approximate surface area is 121 Å². The van der Waals surface area contributed by atoms with Crippen molar-refractivity contribution in [3.05, 3.63) is 35.4 Å². The minimum atomic E-state index is -0.592. The summed E-state index contributed by atoms with van der Waals surface area (Å²) in [5.74, 6) is 0.0901. The number of rotatable bonds is 3. The van der Waals surface area contributed by atoms with E-state index in [1.54, 1.807) is 6.07 Å². The first-order valence-electron chi connectivity index (χ1n) is 6.91. The number of hydrogen-bond acceptors (Lipinski definition) is 5. The van der Waals surface area contributed by atoms with Gasteiger partial charge in [0, 0.05) is 13.0 Å². The molecule has 2 aromatic rings. The second kappa shape index (κ2) is 6.02. The van der Waals surface area contributed by atoms with Gasteiger partial charge in [0.25, 0.3) is 5.89 Å². The highest BCUT2D eigenvalue weighted by atomic mass is 19.1. The molecule has 1 atom stereocenters. The monoisotopic (exact) mass is 287 g/mol. The topological polar surface area (TPSA) is 71.9 Å². The van der Waals surface area contributed by atoms with Crippen LogP contribution in [0.15, 0.2) is 22.7 Å². The second-order valence-electron chi connectivity index (χ2n) is 4.98. The van der Waals surface area contributed by atoms with E-state index in [1.807, 2.05) is 6.07 Å². The van der Waals surface area contributed by atoms with Crippen molar-refractivity contribution in [1.29, 1.82) is 5.26 Å². The Morgan fingerprint density at radius 1 is 1.38 bits per heavy atom. The van der Waals surface area contributed by atoms with Crippen LogP contribution in [0.5, 0.6) is 0 Å². The van der Waals surface area contributed by atoms with Gasteiger partial charge >= 0.3 is 0 Å². The molecular formula is C15H14FN3O2. The Bertz CT molecular complexity index is 672. The fourth-order valence-electron chi connectivity index (χ4n) is 2.43. The van der Waals surface area contributed by atoms with Crippen molar-refractivity contribution in [2.45, 2.75) is 31.8 Å². The molecule has 0 radical (unpaired) electrons. The van der Waals surface area contributed by atoms with Crippen LogP contribution in [0, 0.1) is 17.1 Å². The third-order valence-corrected chi connectivity index (χ3v) is 3.51. The maximum Gasteiger partial charge on any atom is 0.259 e. The van der Waals surface area contributed by atoms with E-state index < -0.39 is 5.82 Å². The number of nitrogens with zero attached hydrogens (tertiary/aromatic N) is 3. The zero-order valence-electron chi connectivity index (χ0n) is 11.4. The molecule has 0 saturated carbocycles. The summed E-state index contributed by atoms with van der Waals surface area (Å²) < 4.78 is 24.4. The van der Waals surface area contributed by atoms with E-state index in [1.165, 1.54) is 12.1 Å². The molecule has 3 rings (SSSR count). The van der Waals surface area contributed by atoms with E-state index in [9.17, 15) is 4.39 Å². The van der Waals surface area contributed by atoms with E-state index >= 15 is 0 Å². The Morgan fingerprint density at radius 2 is 2.29 bits per heavy atom. The summed E-state index contributed by atoms with van der Waals surface area (Å²) in [5, 5.41) is 12.9. The van der Waals surface area contributed by atoms with Crippen molar-refractivity contribution in [3.8, 4) is 17.5 Å².